The molecule has 172 valence electrons. The first-order valence-corrected chi connectivity index (χ1v) is 11.7. The van der Waals surface area contributed by atoms with E-state index in [-0.39, 0.29) is 6.61 Å². The van der Waals surface area contributed by atoms with Crippen molar-refractivity contribution >= 4 is 30.3 Å². The van der Waals surface area contributed by atoms with Crippen molar-refractivity contribution in [2.75, 3.05) is 24.4 Å². The molecule has 3 heterocycles. The largest absolute Gasteiger partial charge is 0.387 e. The number of fused-ring (bicyclic) bond motifs is 1. The summed E-state index contributed by atoms with van der Waals surface area (Å²) in [6.07, 6.45) is -2.64. The van der Waals surface area contributed by atoms with Crippen LogP contribution >= 0.6 is 7.60 Å². The van der Waals surface area contributed by atoms with Crippen molar-refractivity contribution in [2.24, 2.45) is 0 Å². The third kappa shape index (κ3) is 4.52. The lowest BCUT2D eigenvalue weighted by Crippen LogP contribution is -2.33. The molecule has 0 aliphatic carbocycles. The molecule has 4 rings (SSSR count). The molecule has 13 heteroatoms. The molecular formula is C19H24N5O7P. The topological polar surface area (TPSA) is 163 Å². The molecule has 0 saturated carbocycles. The first kappa shape index (κ1) is 22.7. The van der Waals surface area contributed by atoms with Crippen molar-refractivity contribution in [1.29, 1.82) is 0 Å². The van der Waals surface area contributed by atoms with Gasteiger partial charge in [-0.25, -0.2) is 15.0 Å². The van der Waals surface area contributed by atoms with E-state index in [0.29, 0.717) is 23.5 Å². The average Bonchev–Trinajstić information content (AvgIpc) is 3.31. The second-order valence-corrected chi connectivity index (χ2v) is 8.90. The number of aromatic nitrogens is 4. The molecule has 4 atom stereocenters. The zero-order valence-corrected chi connectivity index (χ0v) is 18.1. The van der Waals surface area contributed by atoms with E-state index in [1.807, 2.05) is 42.2 Å². The van der Waals surface area contributed by atoms with Gasteiger partial charge in [-0.1, -0.05) is 18.2 Å². The highest BCUT2D eigenvalue weighted by Crippen LogP contribution is 2.36. The fraction of sp³-hybridized carbons (Fsp3) is 0.421. The zero-order chi connectivity index (χ0) is 22.9. The third-order valence-corrected chi connectivity index (χ3v) is 5.65. The van der Waals surface area contributed by atoms with Crippen molar-refractivity contribution in [3.05, 3.63) is 43.0 Å². The Morgan fingerprint density at radius 3 is 2.59 bits per heavy atom. The highest BCUT2D eigenvalue weighted by Gasteiger charge is 2.44. The molecule has 0 unspecified atom stereocenters. The number of ether oxygens (including phenoxy) is 2. The van der Waals surface area contributed by atoms with Gasteiger partial charge in [0.25, 0.3) is 0 Å². The third-order valence-electron chi connectivity index (χ3n) is 5.13. The molecule has 1 fully saturated rings. The van der Waals surface area contributed by atoms with E-state index in [4.69, 9.17) is 19.3 Å². The van der Waals surface area contributed by atoms with Crippen LogP contribution in [-0.4, -0.2) is 77.3 Å². The molecule has 12 nitrogen and oxygen atoms in total. The van der Waals surface area contributed by atoms with Crippen LogP contribution in [0.5, 0.6) is 0 Å². The Labute approximate surface area is 183 Å². The minimum absolute atomic E-state index is 0.301. The van der Waals surface area contributed by atoms with Crippen molar-refractivity contribution in [3.8, 4) is 0 Å². The minimum atomic E-state index is -4.36. The van der Waals surface area contributed by atoms with E-state index >= 15 is 0 Å². The molecule has 4 N–H and O–H groups in total. The van der Waals surface area contributed by atoms with Crippen LogP contribution in [0.25, 0.3) is 11.2 Å². The first-order chi connectivity index (χ1) is 15.3. The van der Waals surface area contributed by atoms with Crippen LogP contribution in [0.3, 0.4) is 0 Å². The maximum absolute atomic E-state index is 10.9. The number of aliphatic hydroxyl groups excluding tert-OH is 2. The van der Waals surface area contributed by atoms with E-state index < -0.39 is 38.5 Å². The summed E-state index contributed by atoms with van der Waals surface area (Å²) in [5.74, 6) is 0.581. The lowest BCUT2D eigenvalue weighted by Gasteiger charge is -2.22. The van der Waals surface area contributed by atoms with Crippen LogP contribution in [0.4, 0.5) is 11.5 Å². The number of aliphatic hydroxyl groups is 2. The van der Waals surface area contributed by atoms with Crippen molar-refractivity contribution in [3.63, 3.8) is 0 Å². The van der Waals surface area contributed by atoms with Gasteiger partial charge in [0.15, 0.2) is 23.2 Å². The summed E-state index contributed by atoms with van der Waals surface area (Å²) in [7, 11) is -4.36. The van der Waals surface area contributed by atoms with Gasteiger partial charge in [-0.05, 0) is 19.1 Å². The van der Waals surface area contributed by atoms with Crippen molar-refractivity contribution < 1.29 is 34.0 Å². The maximum atomic E-state index is 10.9. The molecule has 0 spiro atoms. The Morgan fingerprint density at radius 2 is 1.91 bits per heavy atom. The molecule has 0 radical (unpaired) electrons. The predicted octanol–water partition coefficient (Wildman–Crippen LogP) is 0.755. The summed E-state index contributed by atoms with van der Waals surface area (Å²) < 4.78 is 23.1. The molecule has 32 heavy (non-hydrogen) atoms. The summed E-state index contributed by atoms with van der Waals surface area (Å²) in [5.41, 5.74) is 1.82. The number of nitrogens with zero attached hydrogens (tertiary/aromatic N) is 5. The number of hydrogen-bond donors (Lipinski definition) is 4. The SMILES string of the molecule is CCN(c1ccccc1)c1ncnc2c1ncn2[C@@H]1O[C@H](COCP(=O)(O)O)[C@@H](O)[C@H]1O. The number of anilines is 2. The fourth-order valence-electron chi connectivity index (χ4n) is 3.67. The summed E-state index contributed by atoms with van der Waals surface area (Å²) in [5, 5.41) is 20.9. The van der Waals surface area contributed by atoms with Crippen LogP contribution in [-0.2, 0) is 14.0 Å². The molecule has 1 saturated heterocycles. The van der Waals surface area contributed by atoms with Gasteiger partial charge in [0.1, 0.15) is 31.0 Å². The normalized spacial score (nSPS) is 23.7. The second-order valence-electron chi connectivity index (χ2n) is 7.31. The molecule has 2 aromatic heterocycles. The maximum Gasteiger partial charge on any atom is 0.350 e. The smallest absolute Gasteiger partial charge is 0.350 e. The molecule has 1 aliphatic heterocycles. The number of benzene rings is 1. The molecule has 0 bridgehead atoms. The summed E-state index contributed by atoms with van der Waals surface area (Å²) in [6, 6.07) is 9.68. The summed E-state index contributed by atoms with van der Waals surface area (Å²) in [6.45, 7) is 2.31. The van der Waals surface area contributed by atoms with Crippen LogP contribution in [0.1, 0.15) is 13.2 Å². The monoisotopic (exact) mass is 465 g/mol. The molecular weight excluding hydrogens is 441 g/mol. The van der Waals surface area contributed by atoms with Gasteiger partial charge in [0, 0.05) is 12.2 Å². The number of para-hydroxylation sites is 1. The Hall–Kier alpha value is -2.44. The Kier molecular flexibility index (Phi) is 6.54. The van der Waals surface area contributed by atoms with Gasteiger partial charge in [0.05, 0.1) is 12.9 Å². The highest BCUT2D eigenvalue weighted by atomic mass is 31.2. The van der Waals surface area contributed by atoms with Gasteiger partial charge in [-0.3, -0.25) is 9.13 Å². The first-order valence-electron chi connectivity index (χ1n) is 9.94. The molecule has 0 amide bonds. The minimum Gasteiger partial charge on any atom is -0.387 e. The fourth-order valence-corrected chi connectivity index (χ4v) is 4.01. The summed E-state index contributed by atoms with van der Waals surface area (Å²) >= 11 is 0. The van der Waals surface area contributed by atoms with Crippen LogP contribution < -0.4 is 4.90 Å². The molecule has 1 aliphatic rings. The van der Waals surface area contributed by atoms with E-state index in [1.54, 1.807) is 0 Å². The van der Waals surface area contributed by atoms with Gasteiger partial charge in [0.2, 0.25) is 0 Å². The van der Waals surface area contributed by atoms with Crippen molar-refractivity contribution in [1.82, 2.24) is 19.5 Å². The van der Waals surface area contributed by atoms with E-state index in [1.165, 1.54) is 17.2 Å². The average molecular weight is 465 g/mol. The highest BCUT2D eigenvalue weighted by molar-refractivity contribution is 7.51. The van der Waals surface area contributed by atoms with Gasteiger partial charge < -0.3 is 34.4 Å². The lowest BCUT2D eigenvalue weighted by atomic mass is 10.1. The van der Waals surface area contributed by atoms with Gasteiger partial charge in [-0.15, -0.1) is 0 Å². The molecule has 1 aromatic carbocycles. The van der Waals surface area contributed by atoms with E-state index in [2.05, 4.69) is 15.0 Å². The van der Waals surface area contributed by atoms with E-state index in [0.717, 1.165) is 5.69 Å². The van der Waals surface area contributed by atoms with Crippen molar-refractivity contribution in [2.45, 2.75) is 31.5 Å². The number of rotatable bonds is 8. The zero-order valence-electron chi connectivity index (χ0n) is 17.2. The van der Waals surface area contributed by atoms with Crippen LogP contribution in [0, 0.1) is 0 Å². The van der Waals surface area contributed by atoms with Gasteiger partial charge >= 0.3 is 7.60 Å². The quantitative estimate of drug-likeness (QED) is 0.347. The van der Waals surface area contributed by atoms with Crippen LogP contribution in [0.15, 0.2) is 43.0 Å². The lowest BCUT2D eigenvalue weighted by molar-refractivity contribution is -0.0612. The van der Waals surface area contributed by atoms with Crippen LogP contribution in [0.2, 0.25) is 0 Å². The summed E-state index contributed by atoms with van der Waals surface area (Å²) in [4.78, 5) is 32.9. The van der Waals surface area contributed by atoms with E-state index in [9.17, 15) is 14.8 Å². The standard InChI is InChI=1S/C19H24N5O7P/c1-2-23(12-6-4-3-5-7-12)17-14-18(21-9-20-17)24(10-22-14)19-16(26)15(25)13(31-19)8-30-11-32(27,28)29/h3-7,9-10,13,15-16,19,25-26H,2,8,11H2,1H3,(H2,27,28,29)/t13-,15-,16-,19-/m1/s1. The second kappa shape index (κ2) is 9.20. The predicted molar refractivity (Wildman–Crippen MR) is 113 cm³/mol. The number of hydrogen-bond acceptors (Lipinski definition) is 9. The Bertz CT molecular complexity index is 1110. The Morgan fingerprint density at radius 1 is 1.16 bits per heavy atom. The van der Waals surface area contributed by atoms with Gasteiger partial charge in [-0.2, -0.15) is 0 Å². The number of imidazole rings is 1. The molecule has 3 aromatic rings. The Balaban J connectivity index is 1.60.